The molecule has 2 atom stereocenters. The summed E-state index contributed by atoms with van der Waals surface area (Å²) in [6.07, 6.45) is 1.10. The Bertz CT molecular complexity index is 534. The fourth-order valence-corrected chi connectivity index (χ4v) is 2.17. The number of hydrogen-bond acceptors (Lipinski definition) is 5. The van der Waals surface area contributed by atoms with Crippen LogP contribution >= 0.6 is 0 Å². The van der Waals surface area contributed by atoms with Gasteiger partial charge in [-0.05, 0) is 12.0 Å². The summed E-state index contributed by atoms with van der Waals surface area (Å²) in [6, 6.07) is 12.6. The van der Waals surface area contributed by atoms with E-state index in [0.717, 1.165) is 6.42 Å². The van der Waals surface area contributed by atoms with Crippen molar-refractivity contribution in [2.45, 2.75) is 18.4 Å². The molecule has 1 heterocycles. The van der Waals surface area contributed by atoms with Crippen molar-refractivity contribution < 1.29 is 0 Å². The Kier molecular flexibility index (Phi) is 2.51. The van der Waals surface area contributed by atoms with Gasteiger partial charge in [0.25, 0.3) is 0 Å². The molecule has 1 aromatic heterocycles. The normalized spacial score (nSPS) is 21.6. The van der Waals surface area contributed by atoms with E-state index in [0.29, 0.717) is 23.6 Å². The first-order valence-corrected chi connectivity index (χ1v) is 5.94. The monoisotopic (exact) mass is 241 g/mol. The highest BCUT2D eigenvalue weighted by Gasteiger charge is 2.38. The van der Waals surface area contributed by atoms with E-state index >= 15 is 0 Å². The van der Waals surface area contributed by atoms with E-state index in [1.165, 1.54) is 5.56 Å². The van der Waals surface area contributed by atoms with Crippen LogP contribution in [0.2, 0.25) is 0 Å². The molecule has 0 amide bonds. The maximum absolute atomic E-state index is 5.63. The lowest BCUT2D eigenvalue weighted by atomic mass is 10.1. The maximum atomic E-state index is 5.63. The fraction of sp³-hybridized carbons (Fsp3) is 0.231. The molecular formula is C13H15N5. The molecule has 0 radical (unpaired) electrons. The van der Waals surface area contributed by atoms with Crippen molar-refractivity contribution >= 4 is 17.6 Å². The van der Waals surface area contributed by atoms with Gasteiger partial charge in [-0.25, -0.2) is 0 Å². The summed E-state index contributed by atoms with van der Waals surface area (Å²) in [6.45, 7) is 0. The van der Waals surface area contributed by atoms with Crippen LogP contribution in [0.15, 0.2) is 36.4 Å². The molecule has 1 aliphatic carbocycles. The largest absolute Gasteiger partial charge is 0.383 e. The molecule has 0 spiro atoms. The van der Waals surface area contributed by atoms with Crippen molar-refractivity contribution in [1.82, 2.24) is 9.97 Å². The first-order chi connectivity index (χ1) is 8.72. The number of nitrogens with two attached hydrogens (primary N) is 2. The zero-order valence-corrected chi connectivity index (χ0v) is 9.88. The van der Waals surface area contributed by atoms with Crippen LogP contribution < -0.4 is 16.8 Å². The predicted octanol–water partition coefficient (Wildman–Crippen LogP) is 1.61. The van der Waals surface area contributed by atoms with Crippen molar-refractivity contribution in [3.63, 3.8) is 0 Å². The van der Waals surface area contributed by atoms with Crippen LogP contribution in [0.25, 0.3) is 0 Å². The van der Waals surface area contributed by atoms with Crippen LogP contribution in [0.1, 0.15) is 17.9 Å². The van der Waals surface area contributed by atoms with E-state index in [-0.39, 0.29) is 5.95 Å². The van der Waals surface area contributed by atoms with E-state index in [2.05, 4.69) is 39.6 Å². The number of aromatic nitrogens is 2. The van der Waals surface area contributed by atoms with Crippen LogP contribution in [0.4, 0.5) is 17.6 Å². The van der Waals surface area contributed by atoms with Gasteiger partial charge in [0.1, 0.15) is 11.6 Å². The van der Waals surface area contributed by atoms with Crippen molar-refractivity contribution in [2.75, 3.05) is 16.8 Å². The van der Waals surface area contributed by atoms with Gasteiger partial charge in [0.15, 0.2) is 0 Å². The Morgan fingerprint density at radius 1 is 1.11 bits per heavy atom. The second kappa shape index (κ2) is 4.18. The number of anilines is 3. The zero-order chi connectivity index (χ0) is 12.5. The minimum Gasteiger partial charge on any atom is -0.383 e. The topological polar surface area (TPSA) is 89.8 Å². The van der Waals surface area contributed by atoms with Gasteiger partial charge in [0.05, 0.1) is 0 Å². The first-order valence-electron chi connectivity index (χ1n) is 5.94. The van der Waals surface area contributed by atoms with E-state index < -0.39 is 0 Å². The minimum atomic E-state index is 0.203. The van der Waals surface area contributed by atoms with Gasteiger partial charge in [0.2, 0.25) is 5.95 Å². The highest BCUT2D eigenvalue weighted by atomic mass is 15.1. The molecular weight excluding hydrogens is 226 g/mol. The number of nitrogen functional groups attached to an aromatic ring is 2. The number of hydrogen-bond donors (Lipinski definition) is 3. The van der Waals surface area contributed by atoms with Gasteiger partial charge in [-0.15, -0.1) is 0 Å². The average molecular weight is 241 g/mol. The molecule has 5 nitrogen and oxygen atoms in total. The van der Waals surface area contributed by atoms with Crippen LogP contribution in [-0.2, 0) is 0 Å². The summed E-state index contributed by atoms with van der Waals surface area (Å²) in [5.74, 6) is 1.84. The van der Waals surface area contributed by atoms with E-state index in [1.807, 2.05) is 6.07 Å². The SMILES string of the molecule is Nc1cc(NC2CC2c2ccccc2)nc(N)n1. The van der Waals surface area contributed by atoms with Crippen molar-refractivity contribution in [2.24, 2.45) is 0 Å². The lowest BCUT2D eigenvalue weighted by molar-refractivity contribution is 1.02. The standard InChI is InChI=1S/C13H15N5/c14-11-7-12(18-13(15)17-11)16-10-6-9(10)8-4-2-1-3-5-8/h1-5,7,9-10H,6H2,(H5,14,15,16,17,18). The Labute approximate surface area is 105 Å². The average Bonchev–Trinajstić information content (AvgIpc) is 3.08. The van der Waals surface area contributed by atoms with Crippen molar-refractivity contribution in [3.05, 3.63) is 42.0 Å². The lowest BCUT2D eigenvalue weighted by Gasteiger charge is -2.06. The molecule has 18 heavy (non-hydrogen) atoms. The highest BCUT2D eigenvalue weighted by Crippen LogP contribution is 2.42. The van der Waals surface area contributed by atoms with Gasteiger partial charge >= 0.3 is 0 Å². The Balaban J connectivity index is 1.69. The highest BCUT2D eigenvalue weighted by molar-refractivity contribution is 5.50. The van der Waals surface area contributed by atoms with Gasteiger partial charge in [0, 0.05) is 18.0 Å². The number of nitrogens with zero attached hydrogens (tertiary/aromatic N) is 2. The van der Waals surface area contributed by atoms with Crippen LogP contribution in [-0.4, -0.2) is 16.0 Å². The molecule has 5 heteroatoms. The van der Waals surface area contributed by atoms with Gasteiger partial charge < -0.3 is 16.8 Å². The molecule has 0 saturated heterocycles. The molecule has 1 aromatic carbocycles. The first kappa shape index (κ1) is 10.8. The quantitative estimate of drug-likeness (QED) is 0.759. The fourth-order valence-electron chi connectivity index (χ4n) is 2.17. The molecule has 92 valence electrons. The molecule has 2 unspecified atom stereocenters. The van der Waals surface area contributed by atoms with Crippen LogP contribution in [0.3, 0.4) is 0 Å². The Morgan fingerprint density at radius 3 is 2.61 bits per heavy atom. The summed E-state index contributed by atoms with van der Waals surface area (Å²) < 4.78 is 0. The summed E-state index contributed by atoms with van der Waals surface area (Å²) >= 11 is 0. The molecule has 0 aliphatic heterocycles. The maximum Gasteiger partial charge on any atom is 0.223 e. The molecule has 3 rings (SSSR count). The van der Waals surface area contributed by atoms with Gasteiger partial charge in [-0.1, -0.05) is 30.3 Å². The van der Waals surface area contributed by atoms with E-state index in [9.17, 15) is 0 Å². The summed E-state index contributed by atoms with van der Waals surface area (Å²) in [5.41, 5.74) is 12.5. The third kappa shape index (κ3) is 2.20. The molecule has 0 bridgehead atoms. The van der Waals surface area contributed by atoms with Crippen molar-refractivity contribution in [3.8, 4) is 0 Å². The second-order valence-corrected chi connectivity index (χ2v) is 4.54. The number of benzene rings is 1. The molecule has 1 aliphatic rings. The summed E-state index contributed by atoms with van der Waals surface area (Å²) in [7, 11) is 0. The second-order valence-electron chi connectivity index (χ2n) is 4.54. The third-order valence-electron chi connectivity index (χ3n) is 3.11. The lowest BCUT2D eigenvalue weighted by Crippen LogP contribution is -2.09. The molecule has 1 saturated carbocycles. The number of rotatable bonds is 3. The van der Waals surface area contributed by atoms with Gasteiger partial charge in [-0.2, -0.15) is 9.97 Å². The Hall–Kier alpha value is -2.30. The molecule has 1 fully saturated rings. The molecule has 2 aromatic rings. The Morgan fingerprint density at radius 2 is 1.89 bits per heavy atom. The van der Waals surface area contributed by atoms with E-state index in [4.69, 9.17) is 11.5 Å². The predicted molar refractivity (Wildman–Crippen MR) is 72.1 cm³/mol. The zero-order valence-electron chi connectivity index (χ0n) is 9.88. The summed E-state index contributed by atoms with van der Waals surface area (Å²) in [4.78, 5) is 7.96. The van der Waals surface area contributed by atoms with E-state index in [1.54, 1.807) is 6.07 Å². The van der Waals surface area contributed by atoms with Crippen LogP contribution in [0, 0.1) is 0 Å². The number of nitrogens with one attached hydrogen (secondary N) is 1. The third-order valence-corrected chi connectivity index (χ3v) is 3.11. The van der Waals surface area contributed by atoms with Crippen LogP contribution in [0.5, 0.6) is 0 Å². The minimum absolute atomic E-state index is 0.203. The van der Waals surface area contributed by atoms with Gasteiger partial charge in [-0.3, -0.25) is 0 Å². The van der Waals surface area contributed by atoms with Crippen molar-refractivity contribution in [1.29, 1.82) is 0 Å². The molecule has 5 N–H and O–H groups in total. The smallest absolute Gasteiger partial charge is 0.223 e. The summed E-state index contributed by atoms with van der Waals surface area (Å²) in [5, 5.41) is 3.33.